The maximum absolute atomic E-state index is 12.4. The summed E-state index contributed by atoms with van der Waals surface area (Å²) in [4.78, 5) is 12.4. The molecule has 0 aromatic heterocycles. The Morgan fingerprint density at radius 1 is 1.00 bits per heavy atom. The van der Waals surface area contributed by atoms with Gasteiger partial charge in [0.1, 0.15) is 6.04 Å². The molecule has 3 heteroatoms. The number of hydrogen-bond acceptors (Lipinski definition) is 2. The lowest BCUT2D eigenvalue weighted by atomic mass is 10.1. The molecule has 0 saturated heterocycles. The third-order valence-corrected chi connectivity index (χ3v) is 3.86. The summed E-state index contributed by atoms with van der Waals surface area (Å²) >= 11 is 0. The number of rotatable bonds is 4. The monoisotopic (exact) mass is 296 g/mol. The van der Waals surface area contributed by atoms with E-state index in [-0.39, 0.29) is 11.9 Å². The molecule has 1 amide bonds. The van der Waals surface area contributed by atoms with Crippen LogP contribution in [-0.4, -0.2) is 11.9 Å². The number of nitrogens with one attached hydrogen (secondary N) is 2. The zero-order chi connectivity index (χ0) is 16.3. The number of anilines is 2. The molecule has 3 nitrogen and oxygen atoms in total. The van der Waals surface area contributed by atoms with Gasteiger partial charge in [-0.05, 0) is 75.1 Å². The van der Waals surface area contributed by atoms with Gasteiger partial charge in [-0.2, -0.15) is 0 Å². The molecule has 0 bridgehead atoms. The van der Waals surface area contributed by atoms with Crippen molar-refractivity contribution in [1.29, 1.82) is 0 Å². The van der Waals surface area contributed by atoms with Gasteiger partial charge in [-0.1, -0.05) is 18.2 Å². The first-order chi connectivity index (χ1) is 10.4. The van der Waals surface area contributed by atoms with Gasteiger partial charge in [0, 0.05) is 11.4 Å². The first-order valence-electron chi connectivity index (χ1n) is 7.58. The van der Waals surface area contributed by atoms with Gasteiger partial charge in [-0.3, -0.25) is 4.79 Å². The molecule has 0 aliphatic carbocycles. The van der Waals surface area contributed by atoms with Crippen LogP contribution in [0.25, 0.3) is 0 Å². The summed E-state index contributed by atoms with van der Waals surface area (Å²) in [6, 6.07) is 11.8. The summed E-state index contributed by atoms with van der Waals surface area (Å²) < 4.78 is 0. The van der Waals surface area contributed by atoms with Crippen LogP contribution < -0.4 is 10.6 Å². The first kappa shape index (κ1) is 16.1. The lowest BCUT2D eigenvalue weighted by Gasteiger charge is -2.17. The van der Waals surface area contributed by atoms with Crippen LogP contribution in [0.1, 0.15) is 29.2 Å². The van der Waals surface area contributed by atoms with Crippen LogP contribution in [0.3, 0.4) is 0 Å². The lowest BCUT2D eigenvalue weighted by Crippen LogP contribution is -2.32. The Morgan fingerprint density at radius 3 is 2.27 bits per heavy atom. The number of hydrogen-bond donors (Lipinski definition) is 2. The van der Waals surface area contributed by atoms with Crippen LogP contribution in [-0.2, 0) is 4.79 Å². The van der Waals surface area contributed by atoms with Gasteiger partial charge in [0.25, 0.3) is 0 Å². The molecule has 2 aromatic rings. The molecule has 1 atom stereocenters. The van der Waals surface area contributed by atoms with Crippen LogP contribution in [0.4, 0.5) is 11.4 Å². The van der Waals surface area contributed by atoms with E-state index < -0.39 is 0 Å². The predicted octanol–water partition coefficient (Wildman–Crippen LogP) is 4.36. The van der Waals surface area contributed by atoms with Gasteiger partial charge in [0.15, 0.2) is 0 Å². The van der Waals surface area contributed by atoms with E-state index in [9.17, 15) is 4.79 Å². The molecule has 0 spiro atoms. The average Bonchev–Trinajstić information content (AvgIpc) is 2.42. The van der Waals surface area contributed by atoms with E-state index in [0.717, 1.165) is 16.9 Å². The van der Waals surface area contributed by atoms with E-state index >= 15 is 0 Å². The fourth-order valence-electron chi connectivity index (χ4n) is 2.50. The summed E-state index contributed by atoms with van der Waals surface area (Å²) in [6.45, 7) is 10.0. The molecular weight excluding hydrogens is 272 g/mol. The highest BCUT2D eigenvalue weighted by atomic mass is 16.2. The summed E-state index contributed by atoms with van der Waals surface area (Å²) in [5, 5.41) is 6.26. The molecule has 0 heterocycles. The van der Waals surface area contributed by atoms with Crippen molar-refractivity contribution in [2.45, 2.75) is 40.7 Å². The zero-order valence-corrected chi connectivity index (χ0v) is 13.9. The summed E-state index contributed by atoms with van der Waals surface area (Å²) in [7, 11) is 0. The number of carbonyl (C=O) groups excluding carboxylic acids is 1. The highest BCUT2D eigenvalue weighted by Gasteiger charge is 2.14. The number of carbonyl (C=O) groups is 1. The highest BCUT2D eigenvalue weighted by Crippen LogP contribution is 2.19. The van der Waals surface area contributed by atoms with Crippen LogP contribution in [0.15, 0.2) is 36.4 Å². The highest BCUT2D eigenvalue weighted by molar-refractivity contribution is 5.97. The minimum atomic E-state index is -0.305. The Kier molecular flexibility index (Phi) is 4.86. The Balaban J connectivity index is 2.07. The van der Waals surface area contributed by atoms with Crippen molar-refractivity contribution in [3.05, 3.63) is 58.7 Å². The van der Waals surface area contributed by atoms with Gasteiger partial charge in [-0.15, -0.1) is 0 Å². The number of benzene rings is 2. The van der Waals surface area contributed by atoms with Crippen molar-refractivity contribution in [2.75, 3.05) is 10.6 Å². The van der Waals surface area contributed by atoms with Crippen molar-refractivity contribution < 1.29 is 4.79 Å². The number of amides is 1. The van der Waals surface area contributed by atoms with E-state index in [1.807, 2.05) is 39.0 Å². The molecule has 0 aliphatic heterocycles. The Morgan fingerprint density at radius 2 is 1.64 bits per heavy atom. The summed E-state index contributed by atoms with van der Waals surface area (Å²) in [6.07, 6.45) is 0. The third kappa shape index (κ3) is 3.88. The van der Waals surface area contributed by atoms with Crippen molar-refractivity contribution in [3.63, 3.8) is 0 Å². The van der Waals surface area contributed by atoms with Gasteiger partial charge in [0.05, 0.1) is 0 Å². The van der Waals surface area contributed by atoms with Gasteiger partial charge < -0.3 is 10.6 Å². The van der Waals surface area contributed by atoms with E-state index in [1.165, 1.54) is 16.7 Å². The van der Waals surface area contributed by atoms with Crippen molar-refractivity contribution in [3.8, 4) is 0 Å². The SMILES string of the molecule is Cc1cc(C)cc(NC(C)C(=O)Nc2cccc(C)c2C)c1. The molecular formula is C19H24N2O. The van der Waals surface area contributed by atoms with E-state index in [4.69, 9.17) is 0 Å². The molecule has 116 valence electrons. The normalized spacial score (nSPS) is 11.9. The molecule has 0 fully saturated rings. The summed E-state index contributed by atoms with van der Waals surface area (Å²) in [5.41, 5.74) is 6.50. The Labute approximate surface area is 132 Å². The maximum atomic E-state index is 12.4. The molecule has 0 saturated carbocycles. The van der Waals surface area contributed by atoms with Crippen molar-refractivity contribution >= 4 is 17.3 Å². The van der Waals surface area contributed by atoms with Crippen LogP contribution >= 0.6 is 0 Å². The minimum absolute atomic E-state index is 0.0344. The predicted molar refractivity (Wildman–Crippen MR) is 93.5 cm³/mol. The van der Waals surface area contributed by atoms with Crippen LogP contribution in [0.2, 0.25) is 0 Å². The quantitative estimate of drug-likeness (QED) is 0.880. The second-order valence-corrected chi connectivity index (χ2v) is 5.98. The molecule has 1 unspecified atom stereocenters. The molecule has 22 heavy (non-hydrogen) atoms. The molecule has 0 radical (unpaired) electrons. The molecule has 2 rings (SSSR count). The molecule has 2 aromatic carbocycles. The second kappa shape index (κ2) is 6.65. The zero-order valence-electron chi connectivity index (χ0n) is 13.9. The molecule has 2 N–H and O–H groups in total. The first-order valence-corrected chi connectivity index (χ1v) is 7.58. The average molecular weight is 296 g/mol. The van der Waals surface area contributed by atoms with E-state index in [1.54, 1.807) is 0 Å². The molecule has 0 aliphatic rings. The van der Waals surface area contributed by atoms with Crippen LogP contribution in [0.5, 0.6) is 0 Å². The minimum Gasteiger partial charge on any atom is -0.374 e. The third-order valence-electron chi connectivity index (χ3n) is 3.86. The Bertz CT molecular complexity index is 672. The van der Waals surface area contributed by atoms with Gasteiger partial charge in [-0.25, -0.2) is 0 Å². The van der Waals surface area contributed by atoms with E-state index in [0.29, 0.717) is 0 Å². The maximum Gasteiger partial charge on any atom is 0.246 e. The van der Waals surface area contributed by atoms with Gasteiger partial charge >= 0.3 is 0 Å². The second-order valence-electron chi connectivity index (χ2n) is 5.98. The topological polar surface area (TPSA) is 41.1 Å². The fourth-order valence-corrected chi connectivity index (χ4v) is 2.50. The van der Waals surface area contributed by atoms with Gasteiger partial charge in [0.2, 0.25) is 5.91 Å². The lowest BCUT2D eigenvalue weighted by molar-refractivity contribution is -0.116. The smallest absolute Gasteiger partial charge is 0.246 e. The van der Waals surface area contributed by atoms with E-state index in [2.05, 4.69) is 42.7 Å². The Hall–Kier alpha value is -2.29. The summed E-state index contributed by atoms with van der Waals surface area (Å²) in [5.74, 6) is -0.0344. The van der Waals surface area contributed by atoms with Crippen molar-refractivity contribution in [2.24, 2.45) is 0 Å². The largest absolute Gasteiger partial charge is 0.374 e. The number of aryl methyl sites for hydroxylation is 3. The fraction of sp³-hybridized carbons (Fsp3) is 0.316. The van der Waals surface area contributed by atoms with Crippen LogP contribution in [0, 0.1) is 27.7 Å². The standard InChI is InChI=1S/C19H24N2O/c1-12-9-13(2)11-17(10-12)20-16(5)19(22)21-18-8-6-7-14(3)15(18)4/h6-11,16,20H,1-5H3,(H,21,22). The van der Waals surface area contributed by atoms with Crippen molar-refractivity contribution in [1.82, 2.24) is 0 Å².